The van der Waals surface area contributed by atoms with Gasteiger partial charge in [0.25, 0.3) is 16.7 Å². The summed E-state index contributed by atoms with van der Waals surface area (Å²) in [5.74, 6) is -1.59. The lowest BCUT2D eigenvalue weighted by Gasteiger charge is -2.15. The van der Waals surface area contributed by atoms with E-state index in [1.807, 2.05) is 173 Å². The lowest BCUT2D eigenvalue weighted by molar-refractivity contribution is -0.118. The van der Waals surface area contributed by atoms with Crippen LogP contribution in [0.5, 0.6) is 0 Å². The summed E-state index contributed by atoms with van der Waals surface area (Å²) in [6.45, 7) is 17.1. The van der Waals surface area contributed by atoms with Crippen molar-refractivity contribution >= 4 is 162 Å². The number of nitriles is 2. The monoisotopic (exact) mass is 1710 g/mol. The third-order valence-corrected chi connectivity index (χ3v) is 29.2. The number of primary amides is 1. The van der Waals surface area contributed by atoms with Crippen molar-refractivity contribution in [2.75, 3.05) is 19.5 Å². The summed E-state index contributed by atoms with van der Waals surface area (Å²) >= 11 is 3.87. The van der Waals surface area contributed by atoms with E-state index in [2.05, 4.69) is 92.1 Å². The number of fused-ring (bicyclic) bond motifs is 12. The van der Waals surface area contributed by atoms with E-state index in [4.69, 9.17) is 30.4 Å². The highest BCUT2D eigenvalue weighted by atomic mass is 32.2. The zero-order chi connectivity index (χ0) is 84.5. The van der Waals surface area contributed by atoms with E-state index in [1.165, 1.54) is 36.7 Å². The van der Waals surface area contributed by atoms with Gasteiger partial charge in [-0.05, 0) is 63.7 Å². The van der Waals surface area contributed by atoms with Crippen molar-refractivity contribution in [2.45, 2.75) is 107 Å². The Morgan fingerprint density at radius 1 is 0.500 bits per heavy atom. The van der Waals surface area contributed by atoms with Crippen LogP contribution in [0.25, 0.3) is 96.5 Å². The van der Waals surface area contributed by atoms with Gasteiger partial charge in [0.15, 0.2) is 16.9 Å². The predicted octanol–water partition coefficient (Wildman–Crippen LogP) is 13.8. The number of nitrogens with zero attached hydrogens (tertiary/aromatic N) is 19. The number of nitrogens with two attached hydrogens (primary N) is 1. The molecule has 12 aromatic heterocycles. The smallest absolute Gasteiger partial charge is 0.291 e. The van der Waals surface area contributed by atoms with Crippen LogP contribution < -0.4 is 22.4 Å². The normalized spacial score (nSPS) is 12.5. The number of aryl methyl sites for hydroxylation is 3. The molecule has 0 saturated carbocycles. The first-order chi connectivity index (χ1) is 57.6. The molecule has 6 aromatic carbocycles. The number of nitrogens with one attached hydrogen (secondary N) is 1. The van der Waals surface area contributed by atoms with Crippen LogP contribution in [-0.4, -0.2) is 138 Å². The standard InChI is InChI=1S/C30H31N7O2SSi.C24H19N7O2S.C23H28N6O4S2Si.C8H7N/c1-35-26-24(27-28(35)34-29(40-27)22(15-31)20-9-6-5-7-10-20)17-32-36(30(26)38)18-21-11-8-12-25-23(21)16-33-37(25)19-39-13-14-41(2,3)4;1-30-19-16(11-27-31(24(19)33)12-14-8-5-9-17-15(14)10-26-29-17)20-22(30)28-23(34-20)18(21(25)32)13-6-3-2-4-7-13;1-27-19-17(20-21(27)26-23(34-20)35(2,31)32)12-24-28(22(19)30)13-15-7-6-8-18-16(15)11-25-29(18)14-33-9-10-36(3,4)5;9-7-6-8-4-2-1-3-5-8/h5-12,16-17,22H,13-14,18-19H2,1-4H3;2-11,18H,12H2,1H3,(H2,25,32)(H,26,29);6-8,11-12H,9-10,13-14H2,1-5H3;1-5H,6H2. The van der Waals surface area contributed by atoms with E-state index in [-0.39, 0.29) is 27.6 Å². The highest BCUT2D eigenvalue weighted by molar-refractivity contribution is 7.92. The maximum absolute atomic E-state index is 13.7. The summed E-state index contributed by atoms with van der Waals surface area (Å²) in [4.78, 5) is 66.6. The van der Waals surface area contributed by atoms with Crippen molar-refractivity contribution in [1.82, 2.24) is 87.8 Å². The molecular formula is C85H85N21O8S4Si2. The Bertz CT molecular complexity index is 7290. The summed E-state index contributed by atoms with van der Waals surface area (Å²) in [6.07, 6.45) is 12.1. The van der Waals surface area contributed by atoms with Gasteiger partial charge < -0.3 is 28.9 Å². The number of aromatic amines is 1. The first-order valence-corrected chi connectivity index (χ1v) is 50.3. The number of carbonyl (C=O) groups is 1. The van der Waals surface area contributed by atoms with Gasteiger partial charge in [-0.2, -0.15) is 41.1 Å². The number of carbonyl (C=O) groups excluding carboxylic acids is 1. The number of aromatic nitrogens is 18. The van der Waals surface area contributed by atoms with Crippen molar-refractivity contribution in [3.63, 3.8) is 0 Å². The van der Waals surface area contributed by atoms with E-state index in [9.17, 15) is 32.9 Å². The molecule has 2 unspecified atom stereocenters. The third-order valence-electron chi connectivity index (χ3n) is 20.7. The van der Waals surface area contributed by atoms with Gasteiger partial charge in [0.1, 0.15) is 51.9 Å². The Hall–Kier alpha value is -12.6. The molecule has 18 aromatic rings. The number of H-pyrrole nitrogens is 1. The SMILES string of the molecule is Cn1c2nc(C(C#N)c3ccccc3)sc2c2cnn(Cc3cccc4c3cnn4COCC[Si](C)(C)C)c(=O)c21.Cn1c2nc(C(C(N)=O)c3ccccc3)sc2c2cnn(Cc3cccc4[nH]ncc34)c(=O)c21.Cn1c2nc(S(C)(=O)=O)sc2c2cnn(Cc3cccc4c3cnn4COCC[Si](C)(C)C)c(=O)c21.N#CCc1ccccc1. The van der Waals surface area contributed by atoms with Crippen molar-refractivity contribution in [1.29, 1.82) is 10.5 Å². The summed E-state index contributed by atoms with van der Waals surface area (Å²) in [6, 6.07) is 53.1. The summed E-state index contributed by atoms with van der Waals surface area (Å²) in [5, 5.41) is 53.9. The van der Waals surface area contributed by atoms with Crippen molar-refractivity contribution in [3.8, 4) is 12.1 Å². The molecule has 0 aliphatic rings. The molecule has 0 aliphatic carbocycles. The minimum absolute atomic E-state index is 0.0299. The van der Waals surface area contributed by atoms with Crippen molar-refractivity contribution in [2.24, 2.45) is 26.9 Å². The number of hydrogen-bond donors (Lipinski definition) is 2. The minimum Gasteiger partial charge on any atom is -0.369 e. The number of sulfone groups is 1. The Labute approximate surface area is 701 Å². The molecule has 0 saturated heterocycles. The molecule has 3 N–H and O–H groups in total. The van der Waals surface area contributed by atoms with Gasteiger partial charge in [0.2, 0.25) is 20.1 Å². The lowest BCUT2D eigenvalue weighted by Crippen LogP contribution is -2.24. The second-order valence-electron chi connectivity index (χ2n) is 31.6. The Kier molecular flexibility index (Phi) is 23.7. The molecule has 35 heteroatoms. The molecule has 29 nitrogen and oxygen atoms in total. The number of benzene rings is 6. The van der Waals surface area contributed by atoms with E-state index in [1.54, 1.807) is 54.2 Å². The summed E-state index contributed by atoms with van der Waals surface area (Å²) in [7, 11) is -0.386. The minimum atomic E-state index is -3.44. The quantitative estimate of drug-likeness (QED) is 0.0444. The molecule has 120 heavy (non-hydrogen) atoms. The fourth-order valence-corrected chi connectivity index (χ4v) is 20.2. The molecule has 0 bridgehead atoms. The lowest BCUT2D eigenvalue weighted by atomic mass is 9.99. The fourth-order valence-electron chi connectivity index (χ4n) is 14.3. The summed E-state index contributed by atoms with van der Waals surface area (Å²) < 4.78 is 51.3. The highest BCUT2D eigenvalue weighted by Crippen LogP contribution is 2.39. The maximum atomic E-state index is 13.7. The molecule has 2 atom stereocenters. The second-order valence-corrected chi connectivity index (χ2v) is 48.1. The fraction of sp³-hybridized carbons (Fsp3) is 0.259. The van der Waals surface area contributed by atoms with Crippen LogP contribution in [0.2, 0.25) is 51.4 Å². The third kappa shape index (κ3) is 17.1. The maximum Gasteiger partial charge on any atom is 0.291 e. The topological polar surface area (TPSA) is 366 Å². The van der Waals surface area contributed by atoms with Crippen molar-refractivity contribution < 1.29 is 22.7 Å². The first kappa shape index (κ1) is 82.5. The molecule has 12 heterocycles. The van der Waals surface area contributed by atoms with Crippen LogP contribution in [-0.2, 0) is 84.8 Å². The first-order valence-electron chi connectivity index (χ1n) is 38.5. The van der Waals surface area contributed by atoms with Gasteiger partial charge >= 0.3 is 0 Å². The van der Waals surface area contributed by atoms with E-state index >= 15 is 0 Å². The van der Waals surface area contributed by atoms with Gasteiger partial charge in [0.05, 0.1) is 106 Å². The zero-order valence-electron chi connectivity index (χ0n) is 67.5. The number of thiazole rings is 3. The Morgan fingerprint density at radius 2 is 0.908 bits per heavy atom. The molecule has 1 amide bonds. The predicted molar refractivity (Wildman–Crippen MR) is 476 cm³/mol. The molecule has 0 aliphatic heterocycles. The van der Waals surface area contributed by atoms with Crippen LogP contribution in [0.1, 0.15) is 55.2 Å². The van der Waals surface area contributed by atoms with Gasteiger partial charge in [0, 0.05) is 89.1 Å². The van der Waals surface area contributed by atoms with Crippen molar-refractivity contribution in [3.05, 3.63) is 257 Å². The number of ether oxygens (including phenoxy) is 2. The van der Waals surface area contributed by atoms with Crippen LogP contribution in [0.3, 0.4) is 0 Å². The van der Waals surface area contributed by atoms with Gasteiger partial charge in [-0.1, -0.05) is 167 Å². The second kappa shape index (κ2) is 34.4. The van der Waals surface area contributed by atoms with Crippen LogP contribution >= 0.6 is 34.0 Å². The molecule has 0 fully saturated rings. The van der Waals surface area contributed by atoms with E-state index < -0.39 is 43.7 Å². The number of amides is 1. The van der Waals surface area contributed by atoms with Crippen LogP contribution in [0.4, 0.5) is 0 Å². The van der Waals surface area contributed by atoms with Gasteiger partial charge in [-0.3, -0.25) is 24.3 Å². The van der Waals surface area contributed by atoms with E-state index in [0.717, 1.165) is 117 Å². The highest BCUT2D eigenvalue weighted by Gasteiger charge is 2.30. The largest absolute Gasteiger partial charge is 0.369 e. The van der Waals surface area contributed by atoms with E-state index in [0.29, 0.717) is 98.6 Å². The average Bonchev–Trinajstić information content (AvgIpc) is 1.59. The number of hydrogen-bond acceptors (Lipinski definition) is 22. The Morgan fingerprint density at radius 3 is 1.36 bits per heavy atom. The molecule has 0 spiro atoms. The molecule has 18 rings (SSSR count). The number of rotatable bonds is 23. The van der Waals surface area contributed by atoms with Gasteiger partial charge in [-0.25, -0.2) is 46.8 Å². The average molecular weight is 1710 g/mol. The molecule has 610 valence electrons. The van der Waals surface area contributed by atoms with Gasteiger partial charge in [-0.15, -0.1) is 34.0 Å². The molecule has 0 radical (unpaired) electrons. The zero-order valence-corrected chi connectivity index (χ0v) is 72.8. The van der Waals surface area contributed by atoms with Crippen LogP contribution in [0, 0.1) is 22.7 Å². The Balaban J connectivity index is 0.000000133. The van der Waals surface area contributed by atoms with Crippen LogP contribution in [0.15, 0.2) is 201 Å². The molecular weight excluding hydrogens is 1630 g/mol. The summed E-state index contributed by atoms with van der Waals surface area (Å²) in [5.41, 5.74) is 16.8.